The number of aromatic nitrogens is 3. The summed E-state index contributed by atoms with van der Waals surface area (Å²) in [6.45, 7) is 1.36. The molecule has 0 saturated carbocycles. The van der Waals surface area contributed by atoms with Crippen LogP contribution >= 0.6 is 0 Å². The summed E-state index contributed by atoms with van der Waals surface area (Å²) in [5, 5.41) is 8.93. The number of rotatable bonds is 7. The Labute approximate surface area is 216 Å². The van der Waals surface area contributed by atoms with Gasteiger partial charge in [-0.15, -0.1) is 0 Å². The average molecular weight is 500 g/mol. The van der Waals surface area contributed by atoms with E-state index in [2.05, 4.69) is 30.8 Å². The predicted octanol–water partition coefficient (Wildman–Crippen LogP) is 1.88. The lowest BCUT2D eigenvalue weighted by Crippen LogP contribution is -2.50. The van der Waals surface area contributed by atoms with Gasteiger partial charge in [0, 0.05) is 50.7 Å². The van der Waals surface area contributed by atoms with E-state index in [9.17, 15) is 14.4 Å². The number of carbonyl (C=O) groups excluding carboxylic acids is 3. The van der Waals surface area contributed by atoms with E-state index >= 15 is 0 Å². The fourth-order valence-electron chi connectivity index (χ4n) is 3.95. The molecule has 1 aliphatic rings. The molecule has 4 rings (SSSR count). The number of amides is 3. The molecule has 1 fully saturated rings. The van der Waals surface area contributed by atoms with Crippen molar-refractivity contribution in [3.63, 3.8) is 0 Å². The van der Waals surface area contributed by atoms with Crippen molar-refractivity contribution in [3.05, 3.63) is 66.1 Å². The summed E-state index contributed by atoms with van der Waals surface area (Å²) in [7, 11) is 4.85. The van der Waals surface area contributed by atoms with Gasteiger partial charge in [0.25, 0.3) is 5.91 Å². The minimum Gasteiger partial charge on any atom is -0.353 e. The Kier molecular flexibility index (Phi) is 7.97. The van der Waals surface area contributed by atoms with E-state index in [1.54, 1.807) is 69.0 Å². The Hall–Kier alpha value is -4.48. The molecule has 12 heteroatoms. The van der Waals surface area contributed by atoms with Crippen LogP contribution in [0.5, 0.6) is 0 Å². The van der Waals surface area contributed by atoms with Gasteiger partial charge < -0.3 is 30.5 Å². The highest BCUT2D eigenvalue weighted by Crippen LogP contribution is 2.24. The smallest absolute Gasteiger partial charge is 0.317 e. The summed E-state index contributed by atoms with van der Waals surface area (Å²) in [5.41, 5.74) is 1.11. The van der Waals surface area contributed by atoms with Gasteiger partial charge in [0.15, 0.2) is 13.7 Å². The third kappa shape index (κ3) is 6.60. The summed E-state index contributed by atoms with van der Waals surface area (Å²) in [6, 6.07) is 11.9. The van der Waals surface area contributed by atoms with Gasteiger partial charge >= 0.3 is 6.03 Å². The summed E-state index contributed by atoms with van der Waals surface area (Å²) in [5.74, 6) is 1.13. The number of piperidine rings is 1. The average Bonchev–Trinajstić information content (AvgIpc) is 2.89. The molecule has 3 heterocycles. The summed E-state index contributed by atoms with van der Waals surface area (Å²) in [6.07, 6.45) is 4.96. The molecular formula is C25H29BN8O3. The van der Waals surface area contributed by atoms with E-state index < -0.39 is 0 Å². The van der Waals surface area contributed by atoms with Crippen molar-refractivity contribution >= 4 is 48.6 Å². The first-order chi connectivity index (χ1) is 17.8. The lowest BCUT2D eigenvalue weighted by molar-refractivity contribution is 0.102. The van der Waals surface area contributed by atoms with Crippen molar-refractivity contribution < 1.29 is 14.4 Å². The molecule has 37 heavy (non-hydrogen) atoms. The number of urea groups is 1. The van der Waals surface area contributed by atoms with Crippen LogP contribution in [0.3, 0.4) is 0 Å². The Morgan fingerprint density at radius 3 is 2.54 bits per heavy atom. The lowest BCUT2D eigenvalue weighted by Gasteiger charge is -2.34. The van der Waals surface area contributed by atoms with Gasteiger partial charge in [-0.2, -0.15) is 0 Å². The van der Waals surface area contributed by atoms with Crippen molar-refractivity contribution in [2.75, 3.05) is 42.7 Å². The van der Waals surface area contributed by atoms with Gasteiger partial charge in [-0.05, 0) is 49.2 Å². The molecule has 3 N–H and O–H groups in total. The number of anilines is 4. The minimum absolute atomic E-state index is 0.0147. The number of hydrogen-bond donors (Lipinski definition) is 3. The standard InChI is InChI=1S/C25H29BN8O3/c1-33(2)25(37)30-18-6-5-13-34(15-18)20-14-28-21(22(26)35)23(32-20)29-17-10-8-16(9-11-17)24(36)31-19-7-3-4-12-27-19/h3-4,7-12,14,18H,5-6,13,15,26H2,1-2H3,(H,29,32)(H,30,37)(H,27,31,36)/t18-/m1/s1. The summed E-state index contributed by atoms with van der Waals surface area (Å²) >= 11 is 0. The predicted molar refractivity (Wildman–Crippen MR) is 144 cm³/mol. The Bertz CT molecular complexity index is 1270. The van der Waals surface area contributed by atoms with Crippen molar-refractivity contribution in [1.82, 2.24) is 25.2 Å². The number of benzene rings is 1. The van der Waals surface area contributed by atoms with E-state index in [-0.39, 0.29) is 29.4 Å². The van der Waals surface area contributed by atoms with Crippen molar-refractivity contribution in [2.45, 2.75) is 18.9 Å². The Balaban J connectivity index is 1.48. The third-order valence-corrected chi connectivity index (χ3v) is 5.89. The second-order valence-electron chi connectivity index (χ2n) is 8.98. The normalized spacial score (nSPS) is 15.0. The molecule has 0 unspecified atom stereocenters. The van der Waals surface area contributed by atoms with Gasteiger partial charge in [-0.1, -0.05) is 6.07 Å². The first-order valence-electron chi connectivity index (χ1n) is 12.0. The van der Waals surface area contributed by atoms with E-state index in [4.69, 9.17) is 4.98 Å². The Morgan fingerprint density at radius 1 is 1.08 bits per heavy atom. The lowest BCUT2D eigenvalue weighted by atomic mass is 9.99. The molecule has 3 aromatic rings. The van der Waals surface area contributed by atoms with Crippen LogP contribution in [0.25, 0.3) is 0 Å². The van der Waals surface area contributed by atoms with Gasteiger partial charge in [0.2, 0.25) is 0 Å². The highest BCUT2D eigenvalue weighted by molar-refractivity contribution is 6.62. The minimum atomic E-state index is -0.280. The molecular weight excluding hydrogens is 471 g/mol. The van der Waals surface area contributed by atoms with Crippen molar-refractivity contribution in [2.24, 2.45) is 0 Å². The van der Waals surface area contributed by atoms with E-state index in [1.807, 2.05) is 0 Å². The fourth-order valence-corrected chi connectivity index (χ4v) is 3.95. The molecule has 1 aliphatic heterocycles. The van der Waals surface area contributed by atoms with Crippen LogP contribution in [0.4, 0.5) is 27.9 Å². The molecule has 190 valence electrons. The maximum Gasteiger partial charge on any atom is 0.317 e. The highest BCUT2D eigenvalue weighted by atomic mass is 16.2. The molecule has 0 radical (unpaired) electrons. The number of nitrogens with zero attached hydrogens (tertiary/aromatic N) is 5. The van der Waals surface area contributed by atoms with Crippen molar-refractivity contribution in [1.29, 1.82) is 0 Å². The summed E-state index contributed by atoms with van der Waals surface area (Å²) in [4.78, 5) is 53.5. The number of hydrogen-bond acceptors (Lipinski definition) is 8. The van der Waals surface area contributed by atoms with E-state index in [1.165, 1.54) is 12.7 Å². The zero-order chi connectivity index (χ0) is 26.4. The first kappa shape index (κ1) is 25.6. The topological polar surface area (TPSA) is 132 Å². The molecule has 1 aromatic carbocycles. The molecule has 0 aliphatic carbocycles. The van der Waals surface area contributed by atoms with Crippen molar-refractivity contribution in [3.8, 4) is 0 Å². The SMILES string of the molecule is BC(=O)c1ncc(N2CCC[C@@H](NC(=O)N(C)C)C2)nc1Nc1ccc(C(=O)Nc2ccccn2)cc1. The molecule has 0 spiro atoms. The first-order valence-corrected chi connectivity index (χ1v) is 12.0. The van der Waals surface area contributed by atoms with Crippen LogP contribution in [-0.4, -0.2) is 78.5 Å². The number of nitrogens with one attached hydrogen (secondary N) is 3. The van der Waals surface area contributed by atoms with Gasteiger partial charge in [0.1, 0.15) is 23.0 Å². The maximum atomic E-state index is 12.5. The molecule has 1 saturated heterocycles. The van der Waals surface area contributed by atoms with E-state index in [0.717, 1.165) is 19.4 Å². The van der Waals surface area contributed by atoms with Crippen LogP contribution in [0, 0.1) is 0 Å². The van der Waals surface area contributed by atoms with Crippen LogP contribution in [-0.2, 0) is 0 Å². The van der Waals surface area contributed by atoms with Gasteiger partial charge in [-0.25, -0.2) is 19.7 Å². The molecule has 3 amide bonds. The maximum absolute atomic E-state index is 12.5. The molecule has 2 aromatic heterocycles. The van der Waals surface area contributed by atoms with E-state index in [0.29, 0.717) is 35.2 Å². The van der Waals surface area contributed by atoms with Crippen LogP contribution in [0.1, 0.15) is 33.7 Å². The highest BCUT2D eigenvalue weighted by Gasteiger charge is 2.24. The van der Waals surface area contributed by atoms with Gasteiger partial charge in [0.05, 0.1) is 6.20 Å². The molecule has 11 nitrogen and oxygen atoms in total. The Morgan fingerprint density at radius 2 is 1.86 bits per heavy atom. The zero-order valence-corrected chi connectivity index (χ0v) is 21.1. The second-order valence-corrected chi connectivity index (χ2v) is 8.98. The molecule has 0 bridgehead atoms. The zero-order valence-electron chi connectivity index (χ0n) is 21.1. The van der Waals surface area contributed by atoms with Crippen LogP contribution in [0.2, 0.25) is 0 Å². The quantitative estimate of drug-likeness (QED) is 0.419. The largest absolute Gasteiger partial charge is 0.353 e. The van der Waals surface area contributed by atoms with Gasteiger partial charge in [-0.3, -0.25) is 4.79 Å². The summed E-state index contributed by atoms with van der Waals surface area (Å²) < 4.78 is 0. The van der Waals surface area contributed by atoms with Crippen LogP contribution < -0.4 is 20.9 Å². The molecule has 1 atom stereocenters. The second kappa shape index (κ2) is 11.5. The number of carbonyl (C=O) groups is 3. The third-order valence-electron chi connectivity index (χ3n) is 5.89. The monoisotopic (exact) mass is 500 g/mol. The number of pyridine rings is 1. The van der Waals surface area contributed by atoms with Crippen LogP contribution in [0.15, 0.2) is 54.9 Å². The fraction of sp³-hybridized carbons (Fsp3) is 0.280.